The van der Waals surface area contributed by atoms with Gasteiger partial charge in [0, 0.05) is 25.2 Å². The third-order valence-electron chi connectivity index (χ3n) is 4.44. The quantitative estimate of drug-likeness (QED) is 0.637. The molecule has 0 saturated carbocycles. The van der Waals surface area contributed by atoms with Crippen molar-refractivity contribution < 1.29 is 14.3 Å². The molecule has 1 amide bonds. The number of benzene rings is 2. The lowest BCUT2D eigenvalue weighted by Gasteiger charge is -2.16. The van der Waals surface area contributed by atoms with Crippen LogP contribution in [0, 0.1) is 0 Å². The first kappa shape index (κ1) is 18.8. The van der Waals surface area contributed by atoms with Crippen molar-refractivity contribution in [1.82, 2.24) is 10.3 Å². The highest BCUT2D eigenvalue weighted by molar-refractivity contribution is 8.26. The minimum Gasteiger partial charge on any atom is -0.492 e. The van der Waals surface area contributed by atoms with Crippen molar-refractivity contribution in [1.29, 1.82) is 0 Å². The molecule has 1 saturated heterocycles. The molecule has 1 aliphatic heterocycles. The van der Waals surface area contributed by atoms with Crippen molar-refractivity contribution in [2.24, 2.45) is 0 Å². The van der Waals surface area contributed by atoms with Crippen LogP contribution in [0.15, 0.2) is 48.5 Å². The molecule has 0 aliphatic carbocycles. The summed E-state index contributed by atoms with van der Waals surface area (Å²) in [5.41, 5.74) is 2.00. The van der Waals surface area contributed by atoms with E-state index in [0.29, 0.717) is 13.0 Å². The van der Waals surface area contributed by atoms with Gasteiger partial charge in [-0.3, -0.25) is 9.59 Å². The Morgan fingerprint density at radius 1 is 1.14 bits per heavy atom. The van der Waals surface area contributed by atoms with Crippen molar-refractivity contribution in [3.63, 3.8) is 0 Å². The van der Waals surface area contributed by atoms with Gasteiger partial charge in [-0.05, 0) is 29.8 Å². The van der Waals surface area contributed by atoms with E-state index in [9.17, 15) is 9.59 Å². The predicted octanol–water partition coefficient (Wildman–Crippen LogP) is 3.71. The predicted molar refractivity (Wildman–Crippen MR) is 113 cm³/mol. The number of aromatic nitrogens is 1. The molecule has 3 aromatic rings. The van der Waals surface area contributed by atoms with Crippen molar-refractivity contribution in [2.45, 2.75) is 12.5 Å². The number of carbonyl (C=O) groups is 2. The van der Waals surface area contributed by atoms with Crippen LogP contribution in [0.2, 0.25) is 0 Å². The molecule has 0 spiro atoms. The number of fused-ring (bicyclic) bond motifs is 1. The summed E-state index contributed by atoms with van der Waals surface area (Å²) in [6.45, 7) is 1.26. The summed E-state index contributed by atoms with van der Waals surface area (Å²) < 4.78 is 7.01. The van der Waals surface area contributed by atoms with Crippen LogP contribution < -0.4 is 15.0 Å². The highest BCUT2D eigenvalue weighted by Gasteiger charge is 2.31. The smallest absolute Gasteiger partial charge is 0.287 e. The van der Waals surface area contributed by atoms with Crippen LogP contribution in [-0.4, -0.2) is 41.6 Å². The molecule has 6 nitrogen and oxygen atoms in total. The molecule has 1 fully saturated rings. The molecule has 2 heterocycles. The van der Waals surface area contributed by atoms with Gasteiger partial charge in [0.15, 0.2) is 5.13 Å². The molecule has 1 aromatic heterocycles. The zero-order valence-corrected chi connectivity index (χ0v) is 16.9. The number of anilines is 1. The average Bonchev–Trinajstić information content (AvgIpc) is 3.26. The van der Waals surface area contributed by atoms with E-state index in [0.717, 1.165) is 40.3 Å². The standard InChI is InChI=1S/C20H19N3O3S2/c1-23(19-21-15-4-2-3-5-17(15)27-19)10-11-26-14-8-6-13(7-9-14)12-16-18(24)28-20(25)22-16/h2-9,16H,10-12H2,1H3,(H,22,25). The maximum absolute atomic E-state index is 11.7. The maximum atomic E-state index is 11.7. The molecule has 1 N–H and O–H groups in total. The van der Waals surface area contributed by atoms with Crippen LogP contribution in [0.5, 0.6) is 5.75 Å². The number of nitrogens with one attached hydrogen (secondary N) is 1. The van der Waals surface area contributed by atoms with E-state index in [-0.39, 0.29) is 10.4 Å². The molecule has 1 aliphatic rings. The summed E-state index contributed by atoms with van der Waals surface area (Å²) in [6, 6.07) is 15.3. The lowest BCUT2D eigenvalue weighted by atomic mass is 10.1. The molecule has 0 bridgehead atoms. The fourth-order valence-electron chi connectivity index (χ4n) is 2.90. The van der Waals surface area contributed by atoms with E-state index in [1.807, 2.05) is 49.5 Å². The second kappa shape index (κ2) is 8.20. The molecule has 0 radical (unpaired) electrons. The summed E-state index contributed by atoms with van der Waals surface area (Å²) in [5.74, 6) is 0.776. The van der Waals surface area contributed by atoms with Crippen molar-refractivity contribution >= 4 is 48.8 Å². The second-order valence-corrected chi connectivity index (χ2v) is 8.47. The van der Waals surface area contributed by atoms with Crippen molar-refractivity contribution in [3.8, 4) is 5.75 Å². The van der Waals surface area contributed by atoms with Gasteiger partial charge in [-0.1, -0.05) is 35.6 Å². The number of rotatable bonds is 7. The van der Waals surface area contributed by atoms with E-state index < -0.39 is 6.04 Å². The largest absolute Gasteiger partial charge is 0.492 e. The number of ether oxygens (including phenoxy) is 1. The SMILES string of the molecule is CN(CCOc1ccc(CC2NC(=O)SC2=O)cc1)c1nc2ccccc2s1. The van der Waals surface area contributed by atoms with Crippen LogP contribution in [0.4, 0.5) is 9.93 Å². The zero-order chi connectivity index (χ0) is 19.5. The van der Waals surface area contributed by atoms with E-state index in [2.05, 4.69) is 21.3 Å². The molecule has 4 rings (SSSR count). The summed E-state index contributed by atoms with van der Waals surface area (Å²) in [4.78, 5) is 29.6. The van der Waals surface area contributed by atoms with E-state index in [1.54, 1.807) is 11.3 Å². The first-order chi connectivity index (χ1) is 13.6. The number of thioether (sulfide) groups is 1. The molecule has 1 unspecified atom stereocenters. The lowest BCUT2D eigenvalue weighted by Crippen LogP contribution is -2.30. The van der Waals surface area contributed by atoms with Gasteiger partial charge >= 0.3 is 0 Å². The van der Waals surface area contributed by atoms with E-state index in [4.69, 9.17) is 4.74 Å². The van der Waals surface area contributed by atoms with E-state index in [1.165, 1.54) is 4.70 Å². The minimum atomic E-state index is -0.438. The zero-order valence-electron chi connectivity index (χ0n) is 15.3. The average molecular weight is 414 g/mol. The van der Waals surface area contributed by atoms with Crippen molar-refractivity contribution in [2.75, 3.05) is 25.1 Å². The number of likely N-dealkylation sites (N-methyl/N-ethyl adjacent to an activating group) is 1. The number of hydrogen-bond donors (Lipinski definition) is 1. The van der Waals surface area contributed by atoms with E-state index >= 15 is 0 Å². The normalized spacial score (nSPS) is 16.4. The Balaban J connectivity index is 1.27. The fraction of sp³-hybridized carbons (Fsp3) is 0.250. The fourth-order valence-corrected chi connectivity index (χ4v) is 4.53. The van der Waals surface area contributed by atoms with Crippen LogP contribution in [0.25, 0.3) is 10.2 Å². The molecule has 28 heavy (non-hydrogen) atoms. The summed E-state index contributed by atoms with van der Waals surface area (Å²) >= 11 is 2.41. The first-order valence-electron chi connectivity index (χ1n) is 8.89. The second-order valence-electron chi connectivity index (χ2n) is 6.49. The monoisotopic (exact) mass is 413 g/mol. The molecular formula is C20H19N3O3S2. The third-order valence-corrected chi connectivity index (χ3v) is 6.38. The molecule has 1 atom stereocenters. The number of para-hydroxylation sites is 1. The highest BCUT2D eigenvalue weighted by Crippen LogP contribution is 2.27. The van der Waals surface area contributed by atoms with Gasteiger partial charge in [-0.2, -0.15) is 0 Å². The topological polar surface area (TPSA) is 71.5 Å². The Hall–Kier alpha value is -2.58. The Morgan fingerprint density at radius 2 is 1.93 bits per heavy atom. The molecule has 144 valence electrons. The maximum Gasteiger partial charge on any atom is 0.287 e. The lowest BCUT2D eigenvalue weighted by molar-refractivity contribution is -0.112. The summed E-state index contributed by atoms with van der Waals surface area (Å²) in [5, 5.41) is 3.25. The Bertz CT molecular complexity index is 970. The number of nitrogens with zero attached hydrogens (tertiary/aromatic N) is 2. The number of hydrogen-bond acceptors (Lipinski definition) is 7. The number of carbonyl (C=O) groups excluding carboxylic acids is 2. The molecular weight excluding hydrogens is 394 g/mol. The van der Waals surface area contributed by atoms with Crippen LogP contribution in [-0.2, 0) is 11.2 Å². The number of amides is 1. The van der Waals surface area contributed by atoms with Gasteiger partial charge in [-0.25, -0.2) is 4.98 Å². The van der Waals surface area contributed by atoms with Crippen LogP contribution >= 0.6 is 23.1 Å². The van der Waals surface area contributed by atoms with Crippen LogP contribution in [0.3, 0.4) is 0 Å². The minimum absolute atomic E-state index is 0.122. The first-order valence-corrected chi connectivity index (χ1v) is 10.5. The molecule has 8 heteroatoms. The third kappa shape index (κ3) is 4.28. The van der Waals surface area contributed by atoms with Gasteiger partial charge in [-0.15, -0.1) is 0 Å². The van der Waals surface area contributed by atoms with Gasteiger partial charge in [0.05, 0.1) is 16.8 Å². The van der Waals surface area contributed by atoms with Gasteiger partial charge < -0.3 is 15.0 Å². The van der Waals surface area contributed by atoms with Gasteiger partial charge in [0.1, 0.15) is 18.4 Å². The Kier molecular flexibility index (Phi) is 5.50. The Labute approximate surface area is 170 Å². The summed E-state index contributed by atoms with van der Waals surface area (Å²) in [6.07, 6.45) is 0.498. The highest BCUT2D eigenvalue weighted by atomic mass is 32.2. The number of thiazole rings is 1. The van der Waals surface area contributed by atoms with Crippen molar-refractivity contribution in [3.05, 3.63) is 54.1 Å². The van der Waals surface area contributed by atoms with Crippen LogP contribution in [0.1, 0.15) is 5.56 Å². The Morgan fingerprint density at radius 3 is 2.64 bits per heavy atom. The summed E-state index contributed by atoms with van der Waals surface area (Å²) in [7, 11) is 2.01. The van der Waals surface area contributed by atoms with Gasteiger partial charge in [0.25, 0.3) is 5.24 Å². The molecule has 2 aromatic carbocycles. The van der Waals surface area contributed by atoms with Gasteiger partial charge in [0.2, 0.25) is 5.12 Å².